The number of hydrogen-bond acceptors (Lipinski definition) is 6. The Labute approximate surface area is 202 Å². The maximum Gasteiger partial charge on any atom is 0.128 e. The number of morpholine rings is 1. The third-order valence-electron chi connectivity index (χ3n) is 5.98. The van der Waals surface area contributed by atoms with Crippen LogP contribution in [0.3, 0.4) is 0 Å². The molecule has 0 aliphatic carbocycles. The number of pyridine rings is 2. The molecule has 0 radical (unpaired) electrons. The summed E-state index contributed by atoms with van der Waals surface area (Å²) >= 11 is 6.47. The number of anilines is 2. The van der Waals surface area contributed by atoms with E-state index in [-0.39, 0.29) is 18.5 Å². The van der Waals surface area contributed by atoms with Crippen LogP contribution in [0.25, 0.3) is 22.0 Å². The maximum atomic E-state index is 14.1. The van der Waals surface area contributed by atoms with Crippen molar-refractivity contribution in [3.8, 4) is 11.1 Å². The van der Waals surface area contributed by atoms with Gasteiger partial charge in [0.2, 0.25) is 0 Å². The molecule has 0 spiro atoms. The molecule has 1 fully saturated rings. The first-order chi connectivity index (χ1) is 16.6. The van der Waals surface area contributed by atoms with Gasteiger partial charge >= 0.3 is 0 Å². The number of fused-ring (bicyclic) bond motifs is 1. The molecule has 1 aliphatic rings. The highest BCUT2D eigenvalue weighted by Gasteiger charge is 2.20. The lowest BCUT2D eigenvalue weighted by Crippen LogP contribution is -2.44. The van der Waals surface area contributed by atoms with E-state index < -0.39 is 0 Å². The summed E-state index contributed by atoms with van der Waals surface area (Å²) in [6.07, 6.45) is 3.25. The summed E-state index contributed by atoms with van der Waals surface area (Å²) in [5.41, 5.74) is 3.99. The molecule has 0 unspecified atom stereocenters. The number of aliphatic hydroxyl groups is 1. The molecule has 0 bridgehead atoms. The molecule has 1 saturated heterocycles. The van der Waals surface area contributed by atoms with E-state index in [4.69, 9.17) is 16.3 Å². The summed E-state index contributed by atoms with van der Waals surface area (Å²) in [5, 5.41) is 14.0. The Hall–Kier alpha value is -3.26. The molecule has 2 aromatic carbocycles. The highest BCUT2D eigenvalue weighted by atomic mass is 35.5. The topological polar surface area (TPSA) is 70.5 Å². The van der Waals surface area contributed by atoms with Crippen molar-refractivity contribution in [3.63, 3.8) is 0 Å². The number of aromatic nitrogens is 2. The van der Waals surface area contributed by atoms with Gasteiger partial charge in [-0.15, -0.1) is 0 Å². The van der Waals surface area contributed by atoms with E-state index in [1.54, 1.807) is 18.3 Å². The summed E-state index contributed by atoms with van der Waals surface area (Å²) in [6.45, 7) is 2.21. The number of benzene rings is 2. The van der Waals surface area contributed by atoms with Crippen molar-refractivity contribution in [2.45, 2.75) is 12.6 Å². The molecule has 8 heteroatoms. The highest BCUT2D eigenvalue weighted by molar-refractivity contribution is 6.34. The molecule has 2 N–H and O–H groups in total. The third kappa shape index (κ3) is 4.68. The van der Waals surface area contributed by atoms with E-state index in [9.17, 15) is 9.50 Å². The van der Waals surface area contributed by atoms with Crippen LogP contribution in [0.1, 0.15) is 5.56 Å². The number of rotatable bonds is 6. The standard InChI is InChI=1S/C26H24ClFN4O2/c27-22-14-29-24-7-5-17(11-21(24)26(22)31-13-19-3-1-2-4-23(19)28)18-6-8-25(30-12-18)32-9-10-34-20(15-32)16-33/h1-8,11-12,14,20,33H,9-10,13,15-16H2,(H,29,31)/t20-/m1/s1. The zero-order valence-corrected chi connectivity index (χ0v) is 19.2. The van der Waals surface area contributed by atoms with Crippen LogP contribution in [0.15, 0.2) is 67.0 Å². The van der Waals surface area contributed by atoms with Gasteiger partial charge in [-0.1, -0.05) is 35.9 Å². The Kier molecular flexibility index (Phi) is 6.58. The molecule has 174 valence electrons. The van der Waals surface area contributed by atoms with Crippen LogP contribution in [-0.2, 0) is 11.3 Å². The van der Waals surface area contributed by atoms with E-state index in [2.05, 4.69) is 20.2 Å². The Balaban J connectivity index is 1.42. The summed E-state index contributed by atoms with van der Waals surface area (Å²) < 4.78 is 19.6. The number of halogens is 2. The molecule has 6 nitrogen and oxygen atoms in total. The van der Waals surface area contributed by atoms with Crippen molar-refractivity contribution in [2.75, 3.05) is 36.5 Å². The Morgan fingerprint density at radius 2 is 1.94 bits per heavy atom. The fourth-order valence-electron chi connectivity index (χ4n) is 4.13. The van der Waals surface area contributed by atoms with Crippen LogP contribution in [-0.4, -0.2) is 47.5 Å². The second-order valence-corrected chi connectivity index (χ2v) is 8.59. The fourth-order valence-corrected chi connectivity index (χ4v) is 4.35. The summed E-state index contributed by atoms with van der Waals surface area (Å²) in [5.74, 6) is 0.588. The van der Waals surface area contributed by atoms with Gasteiger partial charge in [-0.2, -0.15) is 0 Å². The fraction of sp³-hybridized carbons (Fsp3) is 0.231. The molecule has 4 aromatic rings. The number of nitrogens with one attached hydrogen (secondary N) is 1. The molecule has 1 aliphatic heterocycles. The Morgan fingerprint density at radius 3 is 2.74 bits per heavy atom. The minimum Gasteiger partial charge on any atom is -0.394 e. The van der Waals surface area contributed by atoms with Gasteiger partial charge in [-0.3, -0.25) is 4.98 Å². The van der Waals surface area contributed by atoms with Gasteiger partial charge in [0.25, 0.3) is 0 Å². The third-order valence-corrected chi connectivity index (χ3v) is 6.27. The molecular formula is C26H24ClFN4O2. The van der Waals surface area contributed by atoms with Crippen molar-refractivity contribution in [1.29, 1.82) is 0 Å². The highest BCUT2D eigenvalue weighted by Crippen LogP contribution is 2.33. The second kappa shape index (κ2) is 9.93. The van der Waals surface area contributed by atoms with Gasteiger partial charge < -0.3 is 20.1 Å². The molecule has 0 saturated carbocycles. The van der Waals surface area contributed by atoms with Crippen molar-refractivity contribution in [3.05, 3.63) is 83.4 Å². The first kappa shape index (κ1) is 22.5. The van der Waals surface area contributed by atoms with Crippen molar-refractivity contribution >= 4 is 34.0 Å². The summed E-state index contributed by atoms with van der Waals surface area (Å²) in [6, 6.07) is 16.6. The summed E-state index contributed by atoms with van der Waals surface area (Å²) in [7, 11) is 0. The minimum atomic E-state index is -0.262. The van der Waals surface area contributed by atoms with Gasteiger partial charge in [0.05, 0.1) is 35.5 Å². The van der Waals surface area contributed by atoms with Gasteiger partial charge in [0.1, 0.15) is 11.6 Å². The number of aliphatic hydroxyl groups excluding tert-OH is 1. The average molecular weight is 479 g/mol. The monoisotopic (exact) mass is 478 g/mol. The SMILES string of the molecule is OC[C@H]1CN(c2ccc(-c3ccc4ncc(Cl)c(NCc5ccccc5F)c4c3)cn2)CCO1. The predicted molar refractivity (Wildman–Crippen MR) is 133 cm³/mol. The molecule has 2 aromatic heterocycles. The first-order valence-electron chi connectivity index (χ1n) is 11.1. The van der Waals surface area contributed by atoms with Gasteiger partial charge in [0.15, 0.2) is 0 Å². The lowest BCUT2D eigenvalue weighted by molar-refractivity contribution is 0.00336. The average Bonchev–Trinajstić information content (AvgIpc) is 2.89. The van der Waals surface area contributed by atoms with Crippen molar-refractivity contribution < 1.29 is 14.2 Å². The van der Waals surface area contributed by atoms with Crippen LogP contribution in [0, 0.1) is 5.82 Å². The molecule has 34 heavy (non-hydrogen) atoms. The van der Waals surface area contributed by atoms with Crippen LogP contribution in [0.5, 0.6) is 0 Å². The minimum absolute atomic E-state index is 0.00441. The van der Waals surface area contributed by atoms with E-state index in [1.165, 1.54) is 6.07 Å². The lowest BCUT2D eigenvalue weighted by atomic mass is 10.0. The van der Waals surface area contributed by atoms with E-state index in [0.29, 0.717) is 36.0 Å². The van der Waals surface area contributed by atoms with Crippen LogP contribution < -0.4 is 10.2 Å². The molecule has 0 amide bonds. The van der Waals surface area contributed by atoms with E-state index in [0.717, 1.165) is 34.4 Å². The lowest BCUT2D eigenvalue weighted by Gasteiger charge is -2.32. The van der Waals surface area contributed by atoms with Gasteiger partial charge in [0, 0.05) is 48.5 Å². The largest absolute Gasteiger partial charge is 0.394 e. The van der Waals surface area contributed by atoms with E-state index >= 15 is 0 Å². The zero-order chi connectivity index (χ0) is 23.5. The number of nitrogens with zero attached hydrogens (tertiary/aromatic N) is 3. The normalized spacial score (nSPS) is 16.1. The van der Waals surface area contributed by atoms with E-state index in [1.807, 2.05) is 42.6 Å². The van der Waals surface area contributed by atoms with Gasteiger partial charge in [-0.25, -0.2) is 9.37 Å². The van der Waals surface area contributed by atoms with Crippen LogP contribution in [0.2, 0.25) is 5.02 Å². The zero-order valence-electron chi connectivity index (χ0n) is 18.4. The number of ether oxygens (including phenoxy) is 1. The Morgan fingerprint density at radius 1 is 1.09 bits per heavy atom. The quantitative estimate of drug-likeness (QED) is 0.411. The molecule has 3 heterocycles. The smallest absolute Gasteiger partial charge is 0.128 e. The number of hydrogen-bond donors (Lipinski definition) is 2. The second-order valence-electron chi connectivity index (χ2n) is 8.18. The molecule has 1 atom stereocenters. The van der Waals surface area contributed by atoms with Crippen molar-refractivity contribution in [2.24, 2.45) is 0 Å². The van der Waals surface area contributed by atoms with Crippen molar-refractivity contribution in [1.82, 2.24) is 9.97 Å². The van der Waals surface area contributed by atoms with Gasteiger partial charge in [-0.05, 0) is 35.9 Å². The summed E-state index contributed by atoms with van der Waals surface area (Å²) in [4.78, 5) is 11.2. The maximum absolute atomic E-state index is 14.1. The Bertz CT molecular complexity index is 1300. The van der Waals surface area contributed by atoms with Crippen LogP contribution in [0.4, 0.5) is 15.9 Å². The molecular weight excluding hydrogens is 455 g/mol. The first-order valence-corrected chi connectivity index (χ1v) is 11.5. The van der Waals surface area contributed by atoms with Crippen LogP contribution >= 0.6 is 11.6 Å². The molecule has 5 rings (SSSR count). The predicted octanol–water partition coefficient (Wildman–Crippen LogP) is 4.90.